The number of hydrazine groups is 1. The van der Waals surface area contributed by atoms with Crippen LogP contribution in [0.5, 0.6) is 0 Å². The van der Waals surface area contributed by atoms with E-state index in [-0.39, 0.29) is 11.8 Å². The Morgan fingerprint density at radius 2 is 1.82 bits per heavy atom. The van der Waals surface area contributed by atoms with Crippen LogP contribution in [0.1, 0.15) is 68.6 Å². The van der Waals surface area contributed by atoms with E-state index >= 15 is 0 Å². The number of carbonyl (C=O) groups is 2. The summed E-state index contributed by atoms with van der Waals surface area (Å²) in [4.78, 5) is 23.9. The first-order valence-electron chi connectivity index (χ1n) is 7.83. The number of rotatable bonds is 8. The topological polar surface area (TPSA) is 76.0 Å². The maximum atomic E-state index is 12.2. The van der Waals surface area contributed by atoms with Gasteiger partial charge in [0.25, 0.3) is 5.91 Å². The van der Waals surface area contributed by atoms with Gasteiger partial charge < -0.3 is 0 Å². The molecule has 0 aliphatic rings. The molecule has 0 spiro atoms. The number of aromatic nitrogens is 2. The van der Waals surface area contributed by atoms with Crippen LogP contribution in [0.2, 0.25) is 0 Å². The van der Waals surface area contributed by atoms with Crippen molar-refractivity contribution in [2.24, 2.45) is 0 Å². The molecule has 0 saturated heterocycles. The van der Waals surface area contributed by atoms with Crippen molar-refractivity contribution in [3.63, 3.8) is 0 Å². The van der Waals surface area contributed by atoms with Crippen LogP contribution >= 0.6 is 15.9 Å². The van der Waals surface area contributed by atoms with E-state index < -0.39 is 0 Å². The van der Waals surface area contributed by atoms with Crippen molar-refractivity contribution in [1.29, 1.82) is 0 Å². The van der Waals surface area contributed by atoms with Gasteiger partial charge in [0.15, 0.2) is 0 Å². The molecule has 0 fully saturated rings. The average Bonchev–Trinajstić information content (AvgIpc) is 2.79. The summed E-state index contributed by atoms with van der Waals surface area (Å²) in [6.45, 7) is 6.47. The van der Waals surface area contributed by atoms with Gasteiger partial charge in [-0.15, -0.1) is 0 Å². The number of unbranched alkanes of at least 4 members (excludes halogenated alkanes) is 4. The molecule has 124 valence electrons. The minimum atomic E-state index is -0.367. The number of nitrogens with zero attached hydrogens (tertiary/aromatic N) is 2. The Labute approximate surface area is 140 Å². The number of hydrogen-bond donors (Lipinski definition) is 2. The quantitative estimate of drug-likeness (QED) is 0.543. The molecule has 0 aliphatic heterocycles. The lowest BCUT2D eigenvalue weighted by molar-refractivity contribution is -0.122. The number of carbonyl (C=O) groups excluding carboxylic acids is 2. The Hall–Kier alpha value is -1.37. The van der Waals surface area contributed by atoms with Gasteiger partial charge in [-0.1, -0.05) is 32.6 Å². The molecule has 1 aromatic heterocycles. The van der Waals surface area contributed by atoms with Crippen molar-refractivity contribution in [3.8, 4) is 0 Å². The second-order valence-electron chi connectivity index (χ2n) is 5.23. The number of hydrogen-bond acceptors (Lipinski definition) is 3. The van der Waals surface area contributed by atoms with Crippen LogP contribution in [0, 0.1) is 6.92 Å². The molecule has 1 rings (SSSR count). The van der Waals surface area contributed by atoms with Crippen molar-refractivity contribution < 1.29 is 9.59 Å². The first-order valence-corrected chi connectivity index (χ1v) is 8.62. The van der Waals surface area contributed by atoms with Crippen LogP contribution in [-0.2, 0) is 11.3 Å². The van der Waals surface area contributed by atoms with Crippen LogP contribution in [0.25, 0.3) is 0 Å². The predicted molar refractivity (Wildman–Crippen MR) is 89.3 cm³/mol. The SMILES string of the molecule is CCCCCCCC(=O)NNC(=O)c1c(Br)c(C)nn1CC. The molecular weight excluding hydrogens is 348 g/mol. The lowest BCUT2D eigenvalue weighted by Gasteiger charge is -2.09. The third-order valence-electron chi connectivity index (χ3n) is 3.39. The molecule has 0 bridgehead atoms. The molecule has 2 N–H and O–H groups in total. The fraction of sp³-hybridized carbons (Fsp3) is 0.667. The van der Waals surface area contributed by atoms with E-state index in [1.54, 1.807) is 4.68 Å². The summed E-state index contributed by atoms with van der Waals surface area (Å²) >= 11 is 3.36. The van der Waals surface area contributed by atoms with Crippen molar-refractivity contribution in [3.05, 3.63) is 15.9 Å². The number of aryl methyl sites for hydroxylation is 2. The van der Waals surface area contributed by atoms with Crippen LogP contribution in [0.3, 0.4) is 0 Å². The van der Waals surface area contributed by atoms with Gasteiger partial charge in [0.1, 0.15) is 5.69 Å². The number of amides is 2. The predicted octanol–water partition coefficient (Wildman–Crippen LogP) is 3.10. The average molecular weight is 373 g/mol. The molecule has 0 radical (unpaired) electrons. The zero-order valence-electron chi connectivity index (χ0n) is 13.5. The monoisotopic (exact) mass is 372 g/mol. The van der Waals surface area contributed by atoms with Crippen molar-refractivity contribution in [2.75, 3.05) is 0 Å². The lowest BCUT2D eigenvalue weighted by Crippen LogP contribution is -2.42. The van der Waals surface area contributed by atoms with Crippen molar-refractivity contribution in [1.82, 2.24) is 20.6 Å². The Bertz CT molecular complexity index is 514. The summed E-state index contributed by atoms with van der Waals surface area (Å²) in [6.07, 6.45) is 5.85. The molecular formula is C15H25BrN4O2. The minimum Gasteiger partial charge on any atom is -0.273 e. The highest BCUT2D eigenvalue weighted by Gasteiger charge is 2.19. The number of halogens is 1. The first kappa shape index (κ1) is 18.7. The van der Waals surface area contributed by atoms with Crippen LogP contribution in [-0.4, -0.2) is 21.6 Å². The molecule has 0 atom stereocenters. The molecule has 7 heteroatoms. The Morgan fingerprint density at radius 1 is 1.14 bits per heavy atom. The van der Waals surface area contributed by atoms with Gasteiger partial charge in [-0.2, -0.15) is 5.10 Å². The highest BCUT2D eigenvalue weighted by atomic mass is 79.9. The molecule has 1 heterocycles. The maximum absolute atomic E-state index is 12.2. The summed E-state index contributed by atoms with van der Waals surface area (Å²) < 4.78 is 2.26. The van der Waals surface area contributed by atoms with E-state index in [0.29, 0.717) is 23.1 Å². The third-order valence-corrected chi connectivity index (χ3v) is 4.34. The van der Waals surface area contributed by atoms with Crippen molar-refractivity contribution >= 4 is 27.7 Å². The van der Waals surface area contributed by atoms with Gasteiger partial charge in [-0.25, -0.2) is 0 Å². The second kappa shape index (κ2) is 9.61. The number of nitrogens with one attached hydrogen (secondary N) is 2. The summed E-state index contributed by atoms with van der Waals surface area (Å²) in [7, 11) is 0. The molecule has 1 aromatic rings. The zero-order valence-corrected chi connectivity index (χ0v) is 15.1. The molecule has 0 unspecified atom stereocenters. The zero-order chi connectivity index (χ0) is 16.5. The minimum absolute atomic E-state index is 0.166. The van der Waals surface area contributed by atoms with Crippen molar-refractivity contribution in [2.45, 2.75) is 65.8 Å². The normalized spacial score (nSPS) is 10.5. The maximum Gasteiger partial charge on any atom is 0.289 e. The van der Waals surface area contributed by atoms with Gasteiger partial charge in [-0.3, -0.25) is 25.1 Å². The van der Waals surface area contributed by atoms with E-state index in [4.69, 9.17) is 0 Å². The molecule has 0 aromatic carbocycles. The fourth-order valence-electron chi connectivity index (χ4n) is 2.14. The Morgan fingerprint density at radius 3 is 2.45 bits per heavy atom. The molecule has 6 nitrogen and oxygen atoms in total. The van der Waals surface area contributed by atoms with E-state index in [9.17, 15) is 9.59 Å². The first-order chi connectivity index (χ1) is 10.5. The Balaban J connectivity index is 2.41. The van der Waals surface area contributed by atoms with E-state index in [2.05, 4.69) is 38.8 Å². The fourth-order valence-corrected chi connectivity index (χ4v) is 2.61. The molecule has 0 saturated carbocycles. The summed E-state index contributed by atoms with van der Waals surface area (Å²) in [5.74, 6) is -0.533. The second-order valence-corrected chi connectivity index (χ2v) is 6.02. The van der Waals surface area contributed by atoms with Gasteiger partial charge in [0.2, 0.25) is 5.91 Å². The molecule has 0 aliphatic carbocycles. The van der Waals surface area contributed by atoms with E-state index in [1.165, 1.54) is 12.8 Å². The van der Waals surface area contributed by atoms with Crippen LogP contribution in [0.4, 0.5) is 0 Å². The van der Waals surface area contributed by atoms with E-state index in [1.807, 2.05) is 13.8 Å². The van der Waals surface area contributed by atoms with Gasteiger partial charge in [0, 0.05) is 13.0 Å². The Kier molecular flexibility index (Phi) is 8.16. The van der Waals surface area contributed by atoms with Gasteiger partial charge in [-0.05, 0) is 36.2 Å². The van der Waals surface area contributed by atoms with E-state index in [0.717, 1.165) is 25.0 Å². The summed E-state index contributed by atoms with van der Waals surface area (Å²) in [6, 6.07) is 0. The standard InChI is InChI=1S/C15H25BrN4O2/c1-4-6-7-8-9-10-12(21)17-18-15(22)14-13(16)11(3)19-20(14)5-2/h4-10H2,1-3H3,(H,17,21)(H,18,22). The molecule has 2 amide bonds. The largest absolute Gasteiger partial charge is 0.289 e. The summed E-state index contributed by atoms with van der Waals surface area (Å²) in [5.41, 5.74) is 6.07. The third kappa shape index (κ3) is 5.44. The van der Waals surface area contributed by atoms with Crippen LogP contribution in [0.15, 0.2) is 4.47 Å². The molecule has 22 heavy (non-hydrogen) atoms. The smallest absolute Gasteiger partial charge is 0.273 e. The lowest BCUT2D eigenvalue weighted by atomic mass is 10.1. The highest BCUT2D eigenvalue weighted by Crippen LogP contribution is 2.20. The van der Waals surface area contributed by atoms with Crippen LogP contribution < -0.4 is 10.9 Å². The highest BCUT2D eigenvalue weighted by molar-refractivity contribution is 9.10. The van der Waals surface area contributed by atoms with Gasteiger partial charge >= 0.3 is 0 Å². The summed E-state index contributed by atoms with van der Waals surface area (Å²) in [5, 5.41) is 4.25. The van der Waals surface area contributed by atoms with Gasteiger partial charge in [0.05, 0.1) is 10.2 Å².